The molecule has 0 aliphatic rings. The number of hydrogen-bond acceptors (Lipinski definition) is 2. The molecule has 0 aliphatic carbocycles. The van der Waals surface area contributed by atoms with Crippen LogP contribution in [0.3, 0.4) is 0 Å². The van der Waals surface area contributed by atoms with E-state index in [-0.39, 0.29) is 0 Å². The summed E-state index contributed by atoms with van der Waals surface area (Å²) < 4.78 is 0. The van der Waals surface area contributed by atoms with Crippen LogP contribution in [0.25, 0.3) is 0 Å². The second-order valence-corrected chi connectivity index (χ2v) is 6.50. The summed E-state index contributed by atoms with van der Waals surface area (Å²) in [4.78, 5) is 12.2. The molecule has 4 heteroatoms. The average Bonchev–Trinajstić information content (AvgIpc) is 2.67. The molecule has 0 aliphatic heterocycles. The predicted molar refractivity (Wildman–Crippen MR) is 104 cm³/mol. The van der Waals surface area contributed by atoms with Crippen molar-refractivity contribution in [2.24, 2.45) is 0 Å². The van der Waals surface area contributed by atoms with Gasteiger partial charge in [0.2, 0.25) is 0 Å². The fourth-order valence-electron chi connectivity index (χ4n) is 3.10. The number of hydrogen-bond donors (Lipinski definition) is 2. The summed E-state index contributed by atoms with van der Waals surface area (Å²) in [5, 5.41) is 13.9. The molecule has 2 atom stereocenters. The van der Waals surface area contributed by atoms with Gasteiger partial charge in [-0.05, 0) is 22.8 Å². The van der Waals surface area contributed by atoms with Gasteiger partial charge in [-0.1, -0.05) is 90.5 Å². The Kier molecular flexibility index (Phi) is 6.05. The highest BCUT2D eigenvalue weighted by Gasteiger charge is 2.31. The summed E-state index contributed by atoms with van der Waals surface area (Å²) in [6.45, 7) is 0.549. The van der Waals surface area contributed by atoms with Crippen LogP contribution >= 0.6 is 11.6 Å². The highest BCUT2D eigenvalue weighted by molar-refractivity contribution is 6.31. The maximum atomic E-state index is 12.2. The van der Waals surface area contributed by atoms with Crippen molar-refractivity contribution in [3.63, 3.8) is 0 Å². The van der Waals surface area contributed by atoms with Crippen molar-refractivity contribution in [3.8, 4) is 0 Å². The lowest BCUT2D eigenvalue weighted by atomic mass is 9.86. The summed E-state index contributed by atoms with van der Waals surface area (Å²) >= 11 is 6.40. The minimum absolute atomic E-state index is 0.455. The van der Waals surface area contributed by atoms with E-state index in [1.54, 1.807) is 6.07 Å². The van der Waals surface area contributed by atoms with E-state index in [0.717, 1.165) is 16.7 Å². The van der Waals surface area contributed by atoms with E-state index < -0.39 is 17.9 Å². The van der Waals surface area contributed by atoms with Crippen LogP contribution < -0.4 is 5.32 Å². The van der Waals surface area contributed by atoms with Gasteiger partial charge in [0.05, 0.1) is 6.04 Å². The van der Waals surface area contributed by atoms with Gasteiger partial charge in [-0.25, -0.2) is 0 Å². The molecule has 132 valence electrons. The third-order valence-corrected chi connectivity index (χ3v) is 4.71. The van der Waals surface area contributed by atoms with E-state index in [9.17, 15) is 9.90 Å². The van der Waals surface area contributed by atoms with Gasteiger partial charge in [-0.2, -0.15) is 0 Å². The molecule has 0 bridgehead atoms. The van der Waals surface area contributed by atoms with Gasteiger partial charge in [0.25, 0.3) is 0 Å². The van der Waals surface area contributed by atoms with E-state index in [1.807, 2.05) is 78.9 Å². The van der Waals surface area contributed by atoms with Gasteiger partial charge in [0.1, 0.15) is 5.92 Å². The molecule has 0 aromatic heterocycles. The number of carboxylic acids is 1. The van der Waals surface area contributed by atoms with Crippen LogP contribution in [0.1, 0.15) is 28.7 Å². The first-order valence-electron chi connectivity index (χ1n) is 8.46. The lowest BCUT2D eigenvalue weighted by Crippen LogP contribution is -2.31. The lowest BCUT2D eigenvalue weighted by molar-refractivity contribution is -0.139. The number of rotatable bonds is 7. The van der Waals surface area contributed by atoms with Crippen molar-refractivity contribution in [1.29, 1.82) is 0 Å². The molecule has 0 heterocycles. The molecule has 2 N–H and O–H groups in total. The third-order valence-electron chi connectivity index (χ3n) is 4.37. The zero-order chi connectivity index (χ0) is 18.4. The Labute approximate surface area is 158 Å². The second kappa shape index (κ2) is 8.65. The van der Waals surface area contributed by atoms with Crippen molar-refractivity contribution in [3.05, 3.63) is 107 Å². The van der Waals surface area contributed by atoms with Crippen LogP contribution in [-0.4, -0.2) is 11.1 Å². The van der Waals surface area contributed by atoms with Crippen molar-refractivity contribution >= 4 is 17.6 Å². The Balaban J connectivity index is 1.98. The van der Waals surface area contributed by atoms with Gasteiger partial charge in [-0.3, -0.25) is 4.79 Å². The molecule has 0 amide bonds. The summed E-state index contributed by atoms with van der Waals surface area (Å²) in [6, 6.07) is 26.1. The standard InChI is InChI=1S/C22H20ClNO2/c23-19-14-8-7-13-18(19)21(24-15-16-9-3-1-4-10-16)20(22(25)26)17-11-5-2-6-12-17/h1-14,20-21,24H,15H2,(H,25,26). The molecule has 3 rings (SSSR count). The summed E-state index contributed by atoms with van der Waals surface area (Å²) in [7, 11) is 0. The summed E-state index contributed by atoms with van der Waals surface area (Å²) in [5.41, 5.74) is 2.61. The molecule has 26 heavy (non-hydrogen) atoms. The fourth-order valence-corrected chi connectivity index (χ4v) is 3.35. The molecule has 0 saturated heterocycles. The van der Waals surface area contributed by atoms with E-state index >= 15 is 0 Å². The van der Waals surface area contributed by atoms with Gasteiger partial charge in [0.15, 0.2) is 0 Å². The molecular formula is C22H20ClNO2. The fraction of sp³-hybridized carbons (Fsp3) is 0.136. The molecule has 2 unspecified atom stereocenters. The topological polar surface area (TPSA) is 49.3 Å². The second-order valence-electron chi connectivity index (χ2n) is 6.09. The molecule has 0 spiro atoms. The molecule has 3 nitrogen and oxygen atoms in total. The number of carbonyl (C=O) groups is 1. The Hall–Kier alpha value is -2.62. The number of aliphatic carboxylic acids is 1. The maximum Gasteiger partial charge on any atom is 0.312 e. The van der Waals surface area contributed by atoms with Crippen molar-refractivity contribution in [1.82, 2.24) is 5.32 Å². The Morgan fingerprint density at radius 2 is 1.46 bits per heavy atom. The normalized spacial score (nSPS) is 13.1. The highest BCUT2D eigenvalue weighted by atomic mass is 35.5. The van der Waals surface area contributed by atoms with Crippen LogP contribution in [0.2, 0.25) is 5.02 Å². The van der Waals surface area contributed by atoms with Crippen molar-refractivity contribution in [2.75, 3.05) is 0 Å². The SMILES string of the molecule is O=C(O)C(c1ccccc1)C(NCc1ccccc1)c1ccccc1Cl. The van der Waals surface area contributed by atoms with Crippen molar-refractivity contribution in [2.45, 2.75) is 18.5 Å². The van der Waals surface area contributed by atoms with Gasteiger partial charge in [0, 0.05) is 11.6 Å². The van der Waals surface area contributed by atoms with Crippen LogP contribution in [0, 0.1) is 0 Å². The number of carboxylic acid groups (broad SMARTS) is 1. The smallest absolute Gasteiger partial charge is 0.312 e. The maximum absolute atomic E-state index is 12.2. The average molecular weight is 366 g/mol. The predicted octanol–water partition coefficient (Wildman–Crippen LogP) is 5.04. The first-order valence-corrected chi connectivity index (χ1v) is 8.84. The Morgan fingerprint density at radius 3 is 2.08 bits per heavy atom. The molecular weight excluding hydrogens is 346 g/mol. The molecule has 3 aromatic rings. The quantitative estimate of drug-likeness (QED) is 0.616. The molecule has 0 saturated carbocycles. The Morgan fingerprint density at radius 1 is 0.885 bits per heavy atom. The number of halogens is 1. The summed E-state index contributed by atoms with van der Waals surface area (Å²) in [6.07, 6.45) is 0. The minimum Gasteiger partial charge on any atom is -0.481 e. The number of nitrogens with one attached hydrogen (secondary N) is 1. The van der Waals surface area contributed by atoms with Gasteiger partial charge < -0.3 is 10.4 Å². The van der Waals surface area contributed by atoms with E-state index in [0.29, 0.717) is 11.6 Å². The first kappa shape index (κ1) is 18.2. The van der Waals surface area contributed by atoms with E-state index in [1.165, 1.54) is 0 Å². The van der Waals surface area contributed by atoms with E-state index in [4.69, 9.17) is 11.6 Å². The summed E-state index contributed by atoms with van der Waals surface area (Å²) in [5.74, 6) is -1.64. The van der Waals surface area contributed by atoms with Crippen LogP contribution in [0.5, 0.6) is 0 Å². The van der Waals surface area contributed by atoms with E-state index in [2.05, 4.69) is 5.32 Å². The zero-order valence-corrected chi connectivity index (χ0v) is 14.9. The number of benzene rings is 3. The van der Waals surface area contributed by atoms with Crippen LogP contribution in [0.15, 0.2) is 84.9 Å². The monoisotopic (exact) mass is 365 g/mol. The van der Waals surface area contributed by atoms with Gasteiger partial charge >= 0.3 is 5.97 Å². The lowest BCUT2D eigenvalue weighted by Gasteiger charge is -2.27. The zero-order valence-electron chi connectivity index (χ0n) is 14.2. The minimum atomic E-state index is -0.887. The van der Waals surface area contributed by atoms with Gasteiger partial charge in [-0.15, -0.1) is 0 Å². The van der Waals surface area contributed by atoms with Crippen molar-refractivity contribution < 1.29 is 9.90 Å². The largest absolute Gasteiger partial charge is 0.481 e. The molecule has 0 fully saturated rings. The third kappa shape index (κ3) is 4.31. The molecule has 0 radical (unpaired) electrons. The van der Waals surface area contributed by atoms with Crippen LogP contribution in [-0.2, 0) is 11.3 Å². The van der Waals surface area contributed by atoms with Crippen LogP contribution in [0.4, 0.5) is 0 Å². The molecule has 3 aromatic carbocycles. The highest BCUT2D eigenvalue weighted by Crippen LogP contribution is 2.35. The first-order chi connectivity index (χ1) is 12.7. The Bertz CT molecular complexity index is 852.